The van der Waals surface area contributed by atoms with Crippen LogP contribution >= 0.6 is 0 Å². The molecule has 0 spiro atoms. The second-order valence-corrected chi connectivity index (χ2v) is 5.07. The maximum atomic E-state index is 12.3. The Bertz CT molecular complexity index is 305. The predicted octanol–water partition coefficient (Wildman–Crippen LogP) is 0.914. The Kier molecular flexibility index (Phi) is 5.59. The van der Waals surface area contributed by atoms with Gasteiger partial charge in [-0.2, -0.15) is 0 Å². The van der Waals surface area contributed by atoms with Crippen LogP contribution in [0.15, 0.2) is 0 Å². The zero-order valence-electron chi connectivity index (χ0n) is 11.5. The van der Waals surface area contributed by atoms with Crippen molar-refractivity contribution in [3.05, 3.63) is 0 Å². The molecule has 1 aliphatic heterocycles. The predicted molar refractivity (Wildman–Crippen MR) is 68.8 cm³/mol. The summed E-state index contributed by atoms with van der Waals surface area (Å²) in [5, 5.41) is 0. The molecule has 1 saturated heterocycles. The highest BCUT2D eigenvalue weighted by Crippen LogP contribution is 2.20. The third-order valence-electron chi connectivity index (χ3n) is 3.35. The van der Waals surface area contributed by atoms with Gasteiger partial charge in [0.25, 0.3) is 0 Å². The average molecular weight is 256 g/mol. The fraction of sp³-hybridized carbons (Fsp3) is 0.846. The lowest BCUT2D eigenvalue weighted by molar-refractivity contribution is -0.157. The summed E-state index contributed by atoms with van der Waals surface area (Å²) >= 11 is 0. The molecule has 18 heavy (non-hydrogen) atoms. The van der Waals surface area contributed by atoms with Crippen molar-refractivity contribution in [2.24, 2.45) is 11.7 Å². The summed E-state index contributed by atoms with van der Waals surface area (Å²) in [6, 6.07) is -0.990. The lowest BCUT2D eigenvalue weighted by atomic mass is 9.98. The highest BCUT2D eigenvalue weighted by Gasteiger charge is 2.35. The third-order valence-corrected chi connectivity index (χ3v) is 3.35. The van der Waals surface area contributed by atoms with Crippen LogP contribution in [-0.2, 0) is 14.3 Å². The molecule has 0 aliphatic carbocycles. The molecule has 1 aliphatic rings. The number of hydrogen-bond acceptors (Lipinski definition) is 4. The van der Waals surface area contributed by atoms with Crippen LogP contribution in [0.25, 0.3) is 0 Å². The third kappa shape index (κ3) is 3.45. The van der Waals surface area contributed by atoms with Crippen LogP contribution in [0.5, 0.6) is 0 Å². The number of rotatable bonds is 4. The maximum Gasteiger partial charge on any atom is 0.328 e. The fourth-order valence-electron chi connectivity index (χ4n) is 2.16. The number of likely N-dealkylation sites (tertiary alicyclic amines) is 1. The topological polar surface area (TPSA) is 72.6 Å². The van der Waals surface area contributed by atoms with E-state index in [1.54, 1.807) is 11.8 Å². The Labute approximate surface area is 109 Å². The summed E-state index contributed by atoms with van der Waals surface area (Å²) in [5.74, 6) is -0.369. The average Bonchev–Trinajstić information content (AvgIpc) is 2.37. The van der Waals surface area contributed by atoms with E-state index in [-0.39, 0.29) is 17.8 Å². The molecule has 0 radical (unpaired) electrons. The van der Waals surface area contributed by atoms with E-state index >= 15 is 0 Å². The van der Waals surface area contributed by atoms with Crippen molar-refractivity contribution in [2.75, 3.05) is 13.2 Å². The van der Waals surface area contributed by atoms with E-state index in [4.69, 9.17) is 10.5 Å². The van der Waals surface area contributed by atoms with Gasteiger partial charge in [-0.05, 0) is 32.1 Å². The minimum Gasteiger partial charge on any atom is -0.464 e. The van der Waals surface area contributed by atoms with Crippen molar-refractivity contribution < 1.29 is 14.3 Å². The number of piperidine rings is 1. The largest absolute Gasteiger partial charge is 0.464 e. The zero-order chi connectivity index (χ0) is 13.7. The van der Waals surface area contributed by atoms with E-state index in [2.05, 4.69) is 0 Å². The van der Waals surface area contributed by atoms with Gasteiger partial charge in [-0.1, -0.05) is 13.8 Å². The Morgan fingerprint density at radius 1 is 1.39 bits per heavy atom. The molecular formula is C13H24N2O3. The molecule has 0 aromatic carbocycles. The monoisotopic (exact) mass is 256 g/mol. The van der Waals surface area contributed by atoms with Gasteiger partial charge in [0.1, 0.15) is 6.04 Å². The Hall–Kier alpha value is -1.10. The normalized spacial score (nSPS) is 21.8. The summed E-state index contributed by atoms with van der Waals surface area (Å²) in [6.45, 7) is 6.53. The molecule has 1 heterocycles. The number of hydrogen-bond donors (Lipinski definition) is 1. The molecule has 5 heteroatoms. The van der Waals surface area contributed by atoms with E-state index < -0.39 is 12.1 Å². The number of nitrogens with zero attached hydrogens (tertiary/aromatic N) is 1. The fourth-order valence-corrected chi connectivity index (χ4v) is 2.16. The molecule has 2 N–H and O–H groups in total. The maximum absolute atomic E-state index is 12.3. The van der Waals surface area contributed by atoms with Crippen LogP contribution in [-0.4, -0.2) is 42.0 Å². The van der Waals surface area contributed by atoms with Gasteiger partial charge in [0.2, 0.25) is 5.91 Å². The van der Waals surface area contributed by atoms with E-state index in [0.29, 0.717) is 19.6 Å². The van der Waals surface area contributed by atoms with E-state index in [1.165, 1.54) is 0 Å². The molecular weight excluding hydrogens is 232 g/mol. The number of amides is 1. The molecule has 1 fully saturated rings. The lowest BCUT2D eigenvalue weighted by Gasteiger charge is -2.36. The summed E-state index contributed by atoms with van der Waals surface area (Å²) < 4.78 is 5.03. The number of ether oxygens (including phenoxy) is 1. The molecule has 1 rings (SSSR count). The first kappa shape index (κ1) is 15.0. The molecule has 0 saturated carbocycles. The molecule has 0 bridgehead atoms. The van der Waals surface area contributed by atoms with Crippen molar-refractivity contribution in [3.8, 4) is 0 Å². The smallest absolute Gasteiger partial charge is 0.328 e. The first-order chi connectivity index (χ1) is 8.49. The van der Waals surface area contributed by atoms with Gasteiger partial charge in [0.15, 0.2) is 0 Å². The Morgan fingerprint density at radius 3 is 2.61 bits per heavy atom. The molecule has 1 amide bonds. The highest BCUT2D eigenvalue weighted by molar-refractivity contribution is 5.87. The molecule has 2 atom stereocenters. The van der Waals surface area contributed by atoms with E-state index in [0.717, 1.165) is 12.8 Å². The van der Waals surface area contributed by atoms with Crippen molar-refractivity contribution in [1.29, 1.82) is 0 Å². The van der Waals surface area contributed by atoms with Crippen LogP contribution < -0.4 is 5.73 Å². The number of carbonyl (C=O) groups excluding carboxylic acids is 2. The first-order valence-electron chi connectivity index (χ1n) is 6.71. The van der Waals surface area contributed by atoms with Crippen molar-refractivity contribution in [3.63, 3.8) is 0 Å². The molecule has 1 unspecified atom stereocenters. The number of esters is 1. The van der Waals surface area contributed by atoms with Gasteiger partial charge in [-0.25, -0.2) is 4.79 Å². The summed E-state index contributed by atoms with van der Waals surface area (Å²) in [7, 11) is 0. The van der Waals surface area contributed by atoms with Crippen LogP contribution in [0, 0.1) is 5.92 Å². The first-order valence-corrected chi connectivity index (χ1v) is 6.71. The number of nitrogens with two attached hydrogens (primary N) is 1. The van der Waals surface area contributed by atoms with Crippen LogP contribution in [0.4, 0.5) is 0 Å². The van der Waals surface area contributed by atoms with E-state index in [9.17, 15) is 9.59 Å². The Morgan fingerprint density at radius 2 is 2.06 bits per heavy atom. The Balaban J connectivity index is 2.76. The summed E-state index contributed by atoms with van der Waals surface area (Å²) in [6.07, 6.45) is 2.55. The summed E-state index contributed by atoms with van der Waals surface area (Å²) in [4.78, 5) is 25.7. The van der Waals surface area contributed by atoms with Crippen LogP contribution in [0.1, 0.15) is 40.0 Å². The SMILES string of the molecule is CCOC(=O)C1CCCCN1C(=O)[C@@H](N)C(C)C. The summed E-state index contributed by atoms with van der Waals surface area (Å²) in [5.41, 5.74) is 5.88. The highest BCUT2D eigenvalue weighted by atomic mass is 16.5. The minimum atomic E-state index is -0.542. The van der Waals surface area contributed by atoms with Crippen LogP contribution in [0.2, 0.25) is 0 Å². The van der Waals surface area contributed by atoms with Gasteiger partial charge >= 0.3 is 5.97 Å². The zero-order valence-corrected chi connectivity index (χ0v) is 11.5. The molecule has 0 aromatic heterocycles. The standard InChI is InChI=1S/C13H24N2O3/c1-4-18-13(17)10-7-5-6-8-15(10)12(16)11(14)9(2)3/h9-11H,4-8,14H2,1-3H3/t10?,11-/m0/s1. The van der Waals surface area contributed by atoms with Gasteiger partial charge in [0, 0.05) is 6.54 Å². The second kappa shape index (κ2) is 6.73. The molecule has 0 aromatic rings. The quantitative estimate of drug-likeness (QED) is 0.759. The molecule has 104 valence electrons. The van der Waals surface area contributed by atoms with E-state index in [1.807, 2.05) is 13.8 Å². The molecule has 5 nitrogen and oxygen atoms in total. The second-order valence-electron chi connectivity index (χ2n) is 5.07. The van der Waals surface area contributed by atoms with Gasteiger partial charge in [0.05, 0.1) is 12.6 Å². The van der Waals surface area contributed by atoms with Gasteiger partial charge in [-0.3, -0.25) is 4.79 Å². The van der Waals surface area contributed by atoms with Gasteiger partial charge < -0.3 is 15.4 Å². The van der Waals surface area contributed by atoms with Gasteiger partial charge in [-0.15, -0.1) is 0 Å². The number of carbonyl (C=O) groups is 2. The minimum absolute atomic E-state index is 0.0715. The van der Waals surface area contributed by atoms with Crippen molar-refractivity contribution in [1.82, 2.24) is 4.90 Å². The van der Waals surface area contributed by atoms with Crippen LogP contribution in [0.3, 0.4) is 0 Å². The van der Waals surface area contributed by atoms with Crippen molar-refractivity contribution >= 4 is 11.9 Å². The lowest BCUT2D eigenvalue weighted by Crippen LogP contribution is -2.55. The van der Waals surface area contributed by atoms with Crippen molar-refractivity contribution in [2.45, 2.75) is 52.1 Å².